The van der Waals surface area contributed by atoms with Crippen molar-refractivity contribution in [1.82, 2.24) is 15.1 Å². The minimum Gasteiger partial charge on any atom is -0.381 e. The average Bonchev–Trinajstić information content (AvgIpc) is 3.33. The summed E-state index contributed by atoms with van der Waals surface area (Å²) < 4.78 is 10.8. The molecule has 0 radical (unpaired) electrons. The van der Waals surface area contributed by atoms with Gasteiger partial charge in [-0.05, 0) is 36.2 Å². The Morgan fingerprint density at radius 2 is 2.04 bits per heavy atom. The molecule has 24 heavy (non-hydrogen) atoms. The topological polar surface area (TPSA) is 61.0 Å². The van der Waals surface area contributed by atoms with E-state index in [9.17, 15) is 0 Å². The van der Waals surface area contributed by atoms with Crippen LogP contribution in [0.1, 0.15) is 23.7 Å². The number of ether oxygens (including phenoxy) is 1. The maximum atomic E-state index is 5.40. The van der Waals surface area contributed by atoms with Crippen LogP contribution in [0.3, 0.4) is 0 Å². The molecule has 6 heteroatoms. The molecule has 0 spiro atoms. The fourth-order valence-corrected chi connectivity index (χ4v) is 3.41. The van der Waals surface area contributed by atoms with Gasteiger partial charge in [0.1, 0.15) is 0 Å². The van der Waals surface area contributed by atoms with E-state index in [1.807, 2.05) is 36.5 Å². The van der Waals surface area contributed by atoms with E-state index in [1.165, 1.54) is 5.56 Å². The Bertz CT molecular complexity index is 784. The van der Waals surface area contributed by atoms with Crippen molar-refractivity contribution in [2.45, 2.75) is 23.1 Å². The minimum absolute atomic E-state index is 0.261. The normalized spacial score (nSPS) is 17.2. The lowest BCUT2D eigenvalue weighted by atomic mass is 10.1. The van der Waals surface area contributed by atoms with Gasteiger partial charge in [0.2, 0.25) is 0 Å². The van der Waals surface area contributed by atoms with Crippen LogP contribution in [0.2, 0.25) is 0 Å². The Kier molecular flexibility index (Phi) is 4.57. The van der Waals surface area contributed by atoms with Crippen LogP contribution in [-0.2, 0) is 10.5 Å². The molecule has 2 aromatic heterocycles. The highest BCUT2D eigenvalue weighted by molar-refractivity contribution is 7.98. The third kappa shape index (κ3) is 3.49. The number of nitrogens with zero attached hydrogens (tertiary/aromatic N) is 3. The largest absolute Gasteiger partial charge is 0.381 e. The molecule has 3 aromatic rings. The van der Waals surface area contributed by atoms with Crippen molar-refractivity contribution in [2.75, 3.05) is 13.2 Å². The predicted octanol–water partition coefficient (Wildman–Crippen LogP) is 3.93. The second kappa shape index (κ2) is 7.15. The van der Waals surface area contributed by atoms with Crippen molar-refractivity contribution < 1.29 is 9.26 Å². The monoisotopic (exact) mass is 339 g/mol. The summed E-state index contributed by atoms with van der Waals surface area (Å²) in [5.74, 6) is 2.46. The first-order valence-corrected chi connectivity index (χ1v) is 8.91. The average molecular weight is 339 g/mol. The molecule has 1 aromatic carbocycles. The molecule has 4 rings (SSSR count). The second-order valence-corrected chi connectivity index (χ2v) is 6.67. The standard InChI is InChI=1S/C18H17N3O2S/c1-2-9-19-16(3-1)24-12-13-4-6-14(7-5-13)18-20-17(21-23-18)15-8-10-22-11-15/h1-7,9,15H,8,10-12H2. The fraction of sp³-hybridized carbons (Fsp3) is 0.278. The summed E-state index contributed by atoms with van der Waals surface area (Å²) in [4.78, 5) is 8.83. The van der Waals surface area contributed by atoms with Crippen LogP contribution >= 0.6 is 11.8 Å². The van der Waals surface area contributed by atoms with Gasteiger partial charge in [0.15, 0.2) is 5.82 Å². The van der Waals surface area contributed by atoms with Crippen molar-refractivity contribution in [2.24, 2.45) is 0 Å². The summed E-state index contributed by atoms with van der Waals surface area (Å²) in [5, 5.41) is 5.12. The summed E-state index contributed by atoms with van der Waals surface area (Å²) >= 11 is 1.72. The summed E-state index contributed by atoms with van der Waals surface area (Å²) in [5.41, 5.74) is 2.18. The zero-order chi connectivity index (χ0) is 16.2. The third-order valence-electron chi connectivity index (χ3n) is 3.96. The highest BCUT2D eigenvalue weighted by atomic mass is 32.2. The van der Waals surface area contributed by atoms with Gasteiger partial charge in [-0.15, -0.1) is 11.8 Å². The van der Waals surface area contributed by atoms with Gasteiger partial charge in [-0.25, -0.2) is 4.98 Å². The van der Waals surface area contributed by atoms with E-state index < -0.39 is 0 Å². The molecule has 1 aliphatic rings. The summed E-state index contributed by atoms with van der Waals surface area (Å²) in [7, 11) is 0. The van der Waals surface area contributed by atoms with Crippen molar-refractivity contribution in [1.29, 1.82) is 0 Å². The van der Waals surface area contributed by atoms with E-state index in [1.54, 1.807) is 11.8 Å². The fourth-order valence-electron chi connectivity index (χ4n) is 2.59. The molecule has 1 fully saturated rings. The second-order valence-electron chi connectivity index (χ2n) is 5.67. The molecule has 1 atom stereocenters. The number of hydrogen-bond acceptors (Lipinski definition) is 6. The molecule has 122 valence electrons. The zero-order valence-corrected chi connectivity index (χ0v) is 13.9. The Morgan fingerprint density at radius 1 is 1.12 bits per heavy atom. The summed E-state index contributed by atoms with van der Waals surface area (Å²) in [6.07, 6.45) is 2.77. The number of rotatable bonds is 5. The van der Waals surface area contributed by atoms with Gasteiger partial charge in [0.05, 0.1) is 11.6 Å². The van der Waals surface area contributed by atoms with E-state index in [0.717, 1.165) is 35.2 Å². The number of benzene rings is 1. The molecule has 5 nitrogen and oxygen atoms in total. The van der Waals surface area contributed by atoms with Crippen molar-refractivity contribution in [3.05, 3.63) is 60.0 Å². The Hall–Kier alpha value is -2.18. The molecule has 0 saturated carbocycles. The summed E-state index contributed by atoms with van der Waals surface area (Å²) in [6.45, 7) is 1.46. The van der Waals surface area contributed by atoms with Gasteiger partial charge >= 0.3 is 0 Å². The van der Waals surface area contributed by atoms with Crippen LogP contribution < -0.4 is 0 Å². The lowest BCUT2D eigenvalue weighted by Crippen LogP contribution is -1.99. The van der Waals surface area contributed by atoms with Gasteiger partial charge in [-0.3, -0.25) is 0 Å². The maximum absolute atomic E-state index is 5.40. The van der Waals surface area contributed by atoms with E-state index in [2.05, 4.69) is 27.3 Å². The zero-order valence-electron chi connectivity index (χ0n) is 13.1. The molecule has 1 aliphatic heterocycles. The van der Waals surface area contributed by atoms with Crippen molar-refractivity contribution in [3.63, 3.8) is 0 Å². The van der Waals surface area contributed by atoms with E-state index >= 15 is 0 Å². The first-order chi connectivity index (χ1) is 11.9. The molecule has 1 unspecified atom stereocenters. The van der Waals surface area contributed by atoms with Crippen LogP contribution in [0.25, 0.3) is 11.5 Å². The Balaban J connectivity index is 1.42. The van der Waals surface area contributed by atoms with Gasteiger partial charge in [-0.2, -0.15) is 4.98 Å². The van der Waals surface area contributed by atoms with Crippen LogP contribution in [-0.4, -0.2) is 28.3 Å². The van der Waals surface area contributed by atoms with Gasteiger partial charge in [0, 0.05) is 30.0 Å². The first-order valence-electron chi connectivity index (χ1n) is 7.93. The smallest absolute Gasteiger partial charge is 0.257 e. The third-order valence-corrected chi connectivity index (χ3v) is 4.98. The number of hydrogen-bond donors (Lipinski definition) is 0. The Labute approximate surface area is 144 Å². The lowest BCUT2D eigenvalue weighted by Gasteiger charge is -2.02. The van der Waals surface area contributed by atoms with Crippen LogP contribution in [0.5, 0.6) is 0 Å². The predicted molar refractivity (Wildman–Crippen MR) is 91.7 cm³/mol. The van der Waals surface area contributed by atoms with Crippen molar-refractivity contribution >= 4 is 11.8 Å². The first kappa shape index (κ1) is 15.4. The Morgan fingerprint density at radius 3 is 2.79 bits per heavy atom. The molecule has 0 N–H and O–H groups in total. The lowest BCUT2D eigenvalue weighted by molar-refractivity contribution is 0.192. The number of thioether (sulfide) groups is 1. The van der Waals surface area contributed by atoms with Crippen LogP contribution in [0.15, 0.2) is 58.2 Å². The van der Waals surface area contributed by atoms with Gasteiger partial charge in [-0.1, -0.05) is 23.4 Å². The maximum Gasteiger partial charge on any atom is 0.257 e. The van der Waals surface area contributed by atoms with Crippen LogP contribution in [0.4, 0.5) is 0 Å². The molecule has 0 bridgehead atoms. The van der Waals surface area contributed by atoms with Crippen molar-refractivity contribution in [3.8, 4) is 11.5 Å². The van der Waals surface area contributed by atoms with E-state index in [4.69, 9.17) is 9.26 Å². The van der Waals surface area contributed by atoms with E-state index in [0.29, 0.717) is 12.5 Å². The number of pyridine rings is 1. The van der Waals surface area contributed by atoms with E-state index in [-0.39, 0.29) is 5.92 Å². The number of aromatic nitrogens is 3. The molecule has 3 heterocycles. The quantitative estimate of drug-likeness (QED) is 0.657. The van der Waals surface area contributed by atoms with Gasteiger partial charge < -0.3 is 9.26 Å². The molecular weight excluding hydrogens is 322 g/mol. The van der Waals surface area contributed by atoms with Gasteiger partial charge in [0.25, 0.3) is 5.89 Å². The molecular formula is C18H17N3O2S. The highest BCUT2D eigenvalue weighted by Crippen LogP contribution is 2.26. The minimum atomic E-state index is 0.261. The SMILES string of the molecule is c1ccc(SCc2ccc(-c3nc(C4CCOC4)no3)cc2)nc1. The summed E-state index contributed by atoms with van der Waals surface area (Å²) in [6, 6.07) is 14.2. The molecule has 0 amide bonds. The highest BCUT2D eigenvalue weighted by Gasteiger charge is 2.23. The van der Waals surface area contributed by atoms with Crippen LogP contribution in [0, 0.1) is 0 Å². The molecule has 0 aliphatic carbocycles. The molecule has 1 saturated heterocycles.